The van der Waals surface area contributed by atoms with Crippen molar-refractivity contribution in [2.45, 2.75) is 12.8 Å². The van der Waals surface area contributed by atoms with Crippen LogP contribution >= 0.6 is 11.3 Å². The number of rotatable bonds is 4. The van der Waals surface area contributed by atoms with Crippen molar-refractivity contribution >= 4 is 27.4 Å². The number of anilines is 1. The number of hydrogen-bond donors (Lipinski definition) is 0. The molecular weight excluding hydrogens is 310 g/mol. The maximum absolute atomic E-state index is 5.72. The van der Waals surface area contributed by atoms with E-state index >= 15 is 0 Å². The Bertz CT molecular complexity index is 778. The van der Waals surface area contributed by atoms with Gasteiger partial charge in [-0.05, 0) is 30.4 Å². The minimum absolute atomic E-state index is 0.451. The number of ether oxygens (including phenoxy) is 1. The van der Waals surface area contributed by atoms with Gasteiger partial charge in [0.15, 0.2) is 0 Å². The number of piperidine rings is 1. The third kappa shape index (κ3) is 3.10. The van der Waals surface area contributed by atoms with E-state index in [1.165, 1.54) is 4.70 Å². The Morgan fingerprint density at radius 2 is 2.13 bits per heavy atom. The number of nitrogens with zero attached hydrogens (tertiary/aromatic N) is 5. The topological polar surface area (TPSA) is 64.0 Å². The van der Waals surface area contributed by atoms with Crippen LogP contribution in [-0.2, 0) is 0 Å². The summed E-state index contributed by atoms with van der Waals surface area (Å²) >= 11 is 1.70. The predicted molar refractivity (Wildman–Crippen MR) is 89.9 cm³/mol. The highest BCUT2D eigenvalue weighted by Gasteiger charge is 2.23. The van der Waals surface area contributed by atoms with Gasteiger partial charge in [0.25, 0.3) is 0 Å². The van der Waals surface area contributed by atoms with Gasteiger partial charge >= 0.3 is 6.01 Å². The molecule has 1 aliphatic heterocycles. The molecule has 3 aromatic heterocycles. The van der Waals surface area contributed by atoms with E-state index in [0.29, 0.717) is 18.5 Å². The van der Waals surface area contributed by atoms with Crippen molar-refractivity contribution in [2.24, 2.45) is 5.92 Å². The van der Waals surface area contributed by atoms with Crippen LogP contribution in [0.1, 0.15) is 12.8 Å². The Labute approximate surface area is 138 Å². The first-order chi connectivity index (χ1) is 11.4. The van der Waals surface area contributed by atoms with Crippen molar-refractivity contribution in [3.8, 4) is 6.01 Å². The molecule has 7 heteroatoms. The second-order valence-electron chi connectivity index (χ2n) is 5.63. The molecule has 0 aromatic carbocycles. The van der Waals surface area contributed by atoms with E-state index < -0.39 is 0 Å². The molecule has 0 N–H and O–H groups in total. The zero-order valence-electron chi connectivity index (χ0n) is 12.6. The first-order valence-corrected chi connectivity index (χ1v) is 8.61. The van der Waals surface area contributed by atoms with Gasteiger partial charge < -0.3 is 9.64 Å². The van der Waals surface area contributed by atoms with Gasteiger partial charge in [-0.15, -0.1) is 11.3 Å². The molecule has 4 heterocycles. The fourth-order valence-electron chi connectivity index (χ4n) is 2.95. The quantitative estimate of drug-likeness (QED) is 0.734. The largest absolute Gasteiger partial charge is 0.463 e. The molecule has 0 amide bonds. The van der Waals surface area contributed by atoms with Crippen LogP contribution in [0.3, 0.4) is 0 Å². The fraction of sp³-hybridized carbons (Fsp3) is 0.375. The average Bonchev–Trinajstić information content (AvgIpc) is 3.10. The van der Waals surface area contributed by atoms with Crippen LogP contribution < -0.4 is 9.64 Å². The van der Waals surface area contributed by atoms with Crippen molar-refractivity contribution in [1.29, 1.82) is 0 Å². The SMILES string of the molecule is c1cnc(OCC2CCCN(c3ncnc4ccsc34)C2)nc1. The van der Waals surface area contributed by atoms with Gasteiger partial charge in [-0.25, -0.2) is 19.9 Å². The maximum atomic E-state index is 5.72. The van der Waals surface area contributed by atoms with E-state index in [9.17, 15) is 0 Å². The maximum Gasteiger partial charge on any atom is 0.316 e. The van der Waals surface area contributed by atoms with E-state index in [1.54, 1.807) is 36.1 Å². The lowest BCUT2D eigenvalue weighted by Gasteiger charge is -2.33. The molecule has 0 spiro atoms. The molecule has 1 saturated heterocycles. The van der Waals surface area contributed by atoms with Gasteiger partial charge in [-0.1, -0.05) is 0 Å². The molecule has 1 aliphatic rings. The second-order valence-corrected chi connectivity index (χ2v) is 6.54. The van der Waals surface area contributed by atoms with E-state index in [4.69, 9.17) is 4.74 Å². The van der Waals surface area contributed by atoms with Gasteiger partial charge in [-0.2, -0.15) is 0 Å². The van der Waals surface area contributed by atoms with Gasteiger partial charge in [-0.3, -0.25) is 0 Å². The van der Waals surface area contributed by atoms with Crippen LogP contribution in [0, 0.1) is 5.92 Å². The Morgan fingerprint density at radius 3 is 3.04 bits per heavy atom. The van der Waals surface area contributed by atoms with Crippen molar-refractivity contribution in [1.82, 2.24) is 19.9 Å². The Balaban J connectivity index is 1.46. The zero-order valence-corrected chi connectivity index (χ0v) is 13.4. The summed E-state index contributed by atoms with van der Waals surface area (Å²) < 4.78 is 6.89. The van der Waals surface area contributed by atoms with Crippen LogP contribution in [0.25, 0.3) is 10.2 Å². The normalized spacial score (nSPS) is 18.3. The summed E-state index contributed by atoms with van der Waals surface area (Å²) in [6.45, 7) is 2.61. The van der Waals surface area contributed by atoms with E-state index in [2.05, 4.69) is 30.2 Å². The lowest BCUT2D eigenvalue weighted by Crippen LogP contribution is -2.38. The number of thiophene rings is 1. The molecule has 1 fully saturated rings. The molecule has 0 bridgehead atoms. The van der Waals surface area contributed by atoms with Crippen LogP contribution in [0.15, 0.2) is 36.2 Å². The third-order valence-electron chi connectivity index (χ3n) is 4.03. The molecule has 1 atom stereocenters. The summed E-state index contributed by atoms with van der Waals surface area (Å²) in [6, 6.07) is 4.28. The summed E-state index contributed by atoms with van der Waals surface area (Å²) in [4.78, 5) is 19.4. The summed E-state index contributed by atoms with van der Waals surface area (Å²) in [5.41, 5.74) is 1.02. The minimum Gasteiger partial charge on any atom is -0.463 e. The smallest absolute Gasteiger partial charge is 0.316 e. The molecular formula is C16H17N5OS. The third-order valence-corrected chi connectivity index (χ3v) is 4.93. The number of aromatic nitrogens is 4. The van der Waals surface area contributed by atoms with Crippen molar-refractivity contribution in [3.63, 3.8) is 0 Å². The van der Waals surface area contributed by atoms with Crippen molar-refractivity contribution in [2.75, 3.05) is 24.6 Å². The highest BCUT2D eigenvalue weighted by Crippen LogP contribution is 2.30. The van der Waals surface area contributed by atoms with E-state index in [-0.39, 0.29) is 0 Å². The predicted octanol–water partition coefficient (Wildman–Crippen LogP) is 2.78. The summed E-state index contributed by atoms with van der Waals surface area (Å²) in [5, 5.41) is 2.07. The van der Waals surface area contributed by atoms with Crippen molar-refractivity contribution < 1.29 is 4.74 Å². The van der Waals surface area contributed by atoms with Crippen LogP contribution in [-0.4, -0.2) is 39.6 Å². The molecule has 118 valence electrons. The van der Waals surface area contributed by atoms with Gasteiger partial charge in [0, 0.05) is 31.4 Å². The second kappa shape index (κ2) is 6.45. The molecule has 3 aromatic rings. The number of hydrogen-bond acceptors (Lipinski definition) is 7. The lowest BCUT2D eigenvalue weighted by atomic mass is 9.99. The molecule has 23 heavy (non-hydrogen) atoms. The van der Waals surface area contributed by atoms with E-state index in [1.807, 2.05) is 6.07 Å². The Kier molecular flexibility index (Phi) is 4.02. The van der Waals surface area contributed by atoms with Gasteiger partial charge in [0.2, 0.25) is 0 Å². The summed E-state index contributed by atoms with van der Waals surface area (Å²) in [5.74, 6) is 1.50. The summed E-state index contributed by atoms with van der Waals surface area (Å²) in [6.07, 6.45) is 7.35. The fourth-order valence-corrected chi connectivity index (χ4v) is 3.81. The molecule has 0 saturated carbocycles. The van der Waals surface area contributed by atoms with Gasteiger partial charge in [0.05, 0.1) is 16.8 Å². The minimum atomic E-state index is 0.451. The van der Waals surface area contributed by atoms with Crippen molar-refractivity contribution in [3.05, 3.63) is 36.2 Å². The summed E-state index contributed by atoms with van der Waals surface area (Å²) in [7, 11) is 0. The highest BCUT2D eigenvalue weighted by atomic mass is 32.1. The number of fused-ring (bicyclic) bond motifs is 1. The standard InChI is InChI=1S/C16H17N5OS/c1-3-12(10-22-16-17-5-2-6-18-16)9-21(7-1)15-14-13(4-8-23-14)19-11-20-15/h2,4-6,8,11-12H,1,3,7,9-10H2. The first-order valence-electron chi connectivity index (χ1n) is 7.73. The van der Waals surface area contributed by atoms with Crippen LogP contribution in [0.5, 0.6) is 6.01 Å². The van der Waals surface area contributed by atoms with Crippen LogP contribution in [0.4, 0.5) is 5.82 Å². The first kappa shape index (κ1) is 14.3. The monoisotopic (exact) mass is 327 g/mol. The lowest BCUT2D eigenvalue weighted by molar-refractivity contribution is 0.214. The molecule has 4 rings (SSSR count). The highest BCUT2D eigenvalue weighted by molar-refractivity contribution is 7.17. The molecule has 0 aliphatic carbocycles. The molecule has 0 radical (unpaired) electrons. The Morgan fingerprint density at radius 1 is 1.22 bits per heavy atom. The average molecular weight is 327 g/mol. The zero-order chi connectivity index (χ0) is 15.5. The molecule has 6 nitrogen and oxygen atoms in total. The Hall–Kier alpha value is -2.28. The van der Waals surface area contributed by atoms with Crippen LogP contribution in [0.2, 0.25) is 0 Å². The van der Waals surface area contributed by atoms with E-state index in [0.717, 1.165) is 37.3 Å². The van der Waals surface area contributed by atoms with Gasteiger partial charge in [0.1, 0.15) is 12.1 Å². The molecule has 1 unspecified atom stereocenters.